The zero-order chi connectivity index (χ0) is 17.2. The number of nitro benzene ring substituents is 1. The molecule has 0 bridgehead atoms. The van der Waals surface area contributed by atoms with E-state index in [1.807, 2.05) is 13.0 Å². The Bertz CT molecular complexity index is 725. The van der Waals surface area contributed by atoms with Crippen LogP contribution >= 0.6 is 11.6 Å². The fraction of sp³-hybridized carbons (Fsp3) is 0.375. The molecule has 0 fully saturated rings. The highest BCUT2D eigenvalue weighted by atomic mass is 35.5. The first-order valence-electron chi connectivity index (χ1n) is 7.14. The fourth-order valence-electron chi connectivity index (χ4n) is 2.52. The van der Waals surface area contributed by atoms with Crippen molar-refractivity contribution in [3.8, 4) is 0 Å². The minimum Gasteiger partial charge on any atom is -0.466 e. The molecule has 1 heterocycles. The van der Waals surface area contributed by atoms with Gasteiger partial charge in [0, 0.05) is 24.7 Å². The molecule has 7 heteroatoms. The van der Waals surface area contributed by atoms with Crippen LogP contribution in [-0.2, 0) is 12.1 Å². The molecule has 6 nitrogen and oxygen atoms in total. The van der Waals surface area contributed by atoms with Crippen LogP contribution < -0.4 is 5.32 Å². The summed E-state index contributed by atoms with van der Waals surface area (Å²) in [5.41, 5.74) is 0.223. The molecule has 1 atom stereocenters. The Hall–Kier alpha value is -1.89. The number of hydrogen-bond acceptors (Lipinski definition) is 5. The highest BCUT2D eigenvalue weighted by Crippen LogP contribution is 2.27. The molecule has 0 aliphatic heterocycles. The third-order valence-electron chi connectivity index (χ3n) is 3.63. The molecular formula is C16H19ClN2O4. The van der Waals surface area contributed by atoms with Crippen molar-refractivity contribution < 1.29 is 14.4 Å². The van der Waals surface area contributed by atoms with Crippen LogP contribution in [0.5, 0.6) is 0 Å². The van der Waals surface area contributed by atoms with Gasteiger partial charge in [-0.3, -0.25) is 10.1 Å². The molecule has 0 aliphatic carbocycles. The van der Waals surface area contributed by atoms with Gasteiger partial charge >= 0.3 is 0 Å². The summed E-state index contributed by atoms with van der Waals surface area (Å²) in [5.74, 6) is 1.42. The van der Waals surface area contributed by atoms with Crippen LogP contribution in [0.2, 0.25) is 5.02 Å². The summed E-state index contributed by atoms with van der Waals surface area (Å²) in [6, 6.07) is 6.45. The smallest absolute Gasteiger partial charge is 0.288 e. The van der Waals surface area contributed by atoms with Gasteiger partial charge in [-0.25, -0.2) is 0 Å². The molecule has 23 heavy (non-hydrogen) atoms. The van der Waals surface area contributed by atoms with Gasteiger partial charge in [0.25, 0.3) is 5.69 Å². The monoisotopic (exact) mass is 338 g/mol. The molecule has 2 rings (SSSR count). The Kier molecular flexibility index (Phi) is 5.09. The Labute approximate surface area is 139 Å². The van der Waals surface area contributed by atoms with Crippen LogP contribution in [0.15, 0.2) is 28.7 Å². The molecule has 0 saturated heterocycles. The molecule has 0 saturated carbocycles. The van der Waals surface area contributed by atoms with Crippen molar-refractivity contribution in [2.75, 3.05) is 6.54 Å². The van der Waals surface area contributed by atoms with E-state index in [0.29, 0.717) is 12.3 Å². The molecule has 2 N–H and O–H groups in total. The van der Waals surface area contributed by atoms with Crippen molar-refractivity contribution in [1.82, 2.24) is 5.32 Å². The predicted molar refractivity (Wildman–Crippen MR) is 87.6 cm³/mol. The number of halogens is 1. The standard InChI is InChI=1S/C16H19ClN2O4/c1-10-6-13(11(2)23-10)16(3,20)9-18-8-12-4-5-14(17)15(7-12)19(21)22/h4-7,18,20H,8-9H2,1-3H3. The fourth-order valence-corrected chi connectivity index (χ4v) is 2.71. The Balaban J connectivity index is 2.03. The normalized spacial score (nSPS) is 13.8. The lowest BCUT2D eigenvalue weighted by Gasteiger charge is -2.23. The first-order chi connectivity index (χ1) is 10.7. The minimum absolute atomic E-state index is 0.107. The Morgan fingerprint density at radius 3 is 2.65 bits per heavy atom. The summed E-state index contributed by atoms with van der Waals surface area (Å²) >= 11 is 5.79. The third kappa shape index (κ3) is 4.10. The second-order valence-corrected chi connectivity index (χ2v) is 6.15. The number of nitro groups is 1. The van der Waals surface area contributed by atoms with Crippen LogP contribution in [-0.4, -0.2) is 16.6 Å². The van der Waals surface area contributed by atoms with E-state index in [-0.39, 0.29) is 17.3 Å². The van der Waals surface area contributed by atoms with Crippen molar-refractivity contribution in [3.63, 3.8) is 0 Å². The molecule has 124 valence electrons. The number of nitrogens with one attached hydrogen (secondary N) is 1. The van der Waals surface area contributed by atoms with Crippen molar-refractivity contribution in [3.05, 3.63) is 62.0 Å². The molecule has 2 aromatic rings. The van der Waals surface area contributed by atoms with Crippen LogP contribution in [0.1, 0.15) is 29.6 Å². The van der Waals surface area contributed by atoms with Gasteiger partial charge in [-0.1, -0.05) is 17.7 Å². The number of furan rings is 1. The quantitative estimate of drug-likeness (QED) is 0.622. The van der Waals surface area contributed by atoms with Gasteiger partial charge in [-0.05, 0) is 38.5 Å². The zero-order valence-electron chi connectivity index (χ0n) is 13.2. The van der Waals surface area contributed by atoms with E-state index in [2.05, 4.69) is 5.32 Å². The van der Waals surface area contributed by atoms with Crippen molar-refractivity contribution in [2.45, 2.75) is 32.9 Å². The maximum atomic E-state index is 10.9. The van der Waals surface area contributed by atoms with E-state index < -0.39 is 10.5 Å². The van der Waals surface area contributed by atoms with Crippen LogP contribution in [0.4, 0.5) is 5.69 Å². The van der Waals surface area contributed by atoms with E-state index >= 15 is 0 Å². The third-order valence-corrected chi connectivity index (χ3v) is 3.95. The number of nitrogens with zero attached hydrogens (tertiary/aromatic N) is 1. The van der Waals surface area contributed by atoms with E-state index in [1.54, 1.807) is 19.9 Å². The maximum absolute atomic E-state index is 10.9. The van der Waals surface area contributed by atoms with Gasteiger partial charge in [0.1, 0.15) is 22.1 Å². The van der Waals surface area contributed by atoms with Crippen molar-refractivity contribution in [1.29, 1.82) is 0 Å². The minimum atomic E-state index is -1.10. The Morgan fingerprint density at radius 2 is 2.09 bits per heavy atom. The van der Waals surface area contributed by atoms with Crippen molar-refractivity contribution >= 4 is 17.3 Å². The van der Waals surface area contributed by atoms with Crippen LogP contribution in [0.3, 0.4) is 0 Å². The maximum Gasteiger partial charge on any atom is 0.288 e. The lowest BCUT2D eigenvalue weighted by Crippen LogP contribution is -2.35. The van der Waals surface area contributed by atoms with Gasteiger partial charge in [0.2, 0.25) is 0 Å². The second kappa shape index (κ2) is 6.70. The summed E-state index contributed by atoms with van der Waals surface area (Å²) in [6.45, 7) is 5.99. The Morgan fingerprint density at radius 1 is 1.39 bits per heavy atom. The lowest BCUT2D eigenvalue weighted by atomic mass is 9.96. The van der Waals surface area contributed by atoms with Gasteiger partial charge < -0.3 is 14.8 Å². The number of hydrogen-bond donors (Lipinski definition) is 2. The van der Waals surface area contributed by atoms with Crippen molar-refractivity contribution in [2.24, 2.45) is 0 Å². The van der Waals surface area contributed by atoms with Gasteiger partial charge in [0.15, 0.2) is 0 Å². The summed E-state index contributed by atoms with van der Waals surface area (Å²) in [7, 11) is 0. The molecule has 1 aromatic heterocycles. The number of benzene rings is 1. The van der Waals surface area contributed by atoms with E-state index in [9.17, 15) is 15.2 Å². The highest BCUT2D eigenvalue weighted by Gasteiger charge is 2.27. The number of aryl methyl sites for hydroxylation is 2. The molecule has 0 radical (unpaired) electrons. The van der Waals surface area contributed by atoms with Gasteiger partial charge in [0.05, 0.1) is 4.92 Å². The number of aliphatic hydroxyl groups is 1. The average molecular weight is 339 g/mol. The topological polar surface area (TPSA) is 88.5 Å². The van der Waals surface area contributed by atoms with E-state index in [0.717, 1.165) is 16.9 Å². The van der Waals surface area contributed by atoms with Gasteiger partial charge in [-0.2, -0.15) is 0 Å². The molecule has 0 aliphatic rings. The highest BCUT2D eigenvalue weighted by molar-refractivity contribution is 6.32. The molecule has 0 spiro atoms. The summed E-state index contributed by atoms with van der Waals surface area (Å²) in [5, 5.41) is 24.7. The van der Waals surface area contributed by atoms with Gasteiger partial charge in [-0.15, -0.1) is 0 Å². The molecule has 0 amide bonds. The largest absolute Gasteiger partial charge is 0.466 e. The second-order valence-electron chi connectivity index (χ2n) is 5.75. The van der Waals surface area contributed by atoms with E-state index in [1.165, 1.54) is 12.1 Å². The van der Waals surface area contributed by atoms with Crippen LogP contribution in [0.25, 0.3) is 0 Å². The first kappa shape index (κ1) is 17.5. The predicted octanol–water partition coefficient (Wildman–Crippen LogP) is 3.46. The molecule has 1 unspecified atom stereocenters. The zero-order valence-corrected chi connectivity index (χ0v) is 14.0. The summed E-state index contributed by atoms with van der Waals surface area (Å²) in [4.78, 5) is 10.4. The van der Waals surface area contributed by atoms with E-state index in [4.69, 9.17) is 16.0 Å². The summed E-state index contributed by atoms with van der Waals surface area (Å²) in [6.07, 6.45) is 0. The average Bonchev–Trinajstić information content (AvgIpc) is 2.80. The SMILES string of the molecule is Cc1cc(C(C)(O)CNCc2ccc(Cl)c([N+](=O)[O-])c2)c(C)o1. The molecule has 1 aromatic carbocycles. The first-order valence-corrected chi connectivity index (χ1v) is 7.52. The number of rotatable bonds is 6. The lowest BCUT2D eigenvalue weighted by molar-refractivity contribution is -0.384. The van der Waals surface area contributed by atoms with Crippen LogP contribution in [0, 0.1) is 24.0 Å². The summed E-state index contributed by atoms with van der Waals surface area (Å²) < 4.78 is 5.44. The molecular weight excluding hydrogens is 320 g/mol.